The summed E-state index contributed by atoms with van der Waals surface area (Å²) >= 11 is 1.48. The summed E-state index contributed by atoms with van der Waals surface area (Å²) < 4.78 is 0. The van der Waals surface area contributed by atoms with Crippen molar-refractivity contribution in [1.82, 2.24) is 10.2 Å². The molecule has 1 aromatic heterocycles. The van der Waals surface area contributed by atoms with Crippen LogP contribution in [-0.4, -0.2) is 29.4 Å². The standard InChI is InChI=1S/C14H17N3O2S/c1-2-4-12-13(18)17(14(19)16-12)9-11-7-6-10(20-11)5-3-8-15/h6-7,12H,2,4,8-9,15H2,1H3,(H,16,19). The predicted molar refractivity (Wildman–Crippen MR) is 78.0 cm³/mol. The Hall–Kier alpha value is -1.84. The van der Waals surface area contributed by atoms with E-state index in [1.54, 1.807) is 0 Å². The molecule has 1 saturated heterocycles. The maximum absolute atomic E-state index is 12.1. The molecule has 3 amide bonds. The molecule has 0 radical (unpaired) electrons. The monoisotopic (exact) mass is 291 g/mol. The van der Waals surface area contributed by atoms with Gasteiger partial charge in [-0.1, -0.05) is 25.2 Å². The molecule has 0 aliphatic carbocycles. The van der Waals surface area contributed by atoms with Crippen LogP contribution in [0, 0.1) is 11.8 Å². The van der Waals surface area contributed by atoms with E-state index in [1.165, 1.54) is 16.2 Å². The van der Waals surface area contributed by atoms with E-state index in [1.807, 2.05) is 19.1 Å². The second kappa shape index (κ2) is 6.55. The van der Waals surface area contributed by atoms with Crippen molar-refractivity contribution >= 4 is 23.3 Å². The second-order valence-electron chi connectivity index (χ2n) is 4.49. The lowest BCUT2D eigenvalue weighted by atomic mass is 10.2. The van der Waals surface area contributed by atoms with Crippen molar-refractivity contribution < 1.29 is 9.59 Å². The number of nitrogens with one attached hydrogen (secondary N) is 1. The maximum Gasteiger partial charge on any atom is 0.325 e. The molecule has 2 rings (SSSR count). The first kappa shape index (κ1) is 14.6. The van der Waals surface area contributed by atoms with Gasteiger partial charge >= 0.3 is 6.03 Å². The molecule has 106 valence electrons. The minimum absolute atomic E-state index is 0.139. The number of rotatable bonds is 4. The van der Waals surface area contributed by atoms with Crippen molar-refractivity contribution in [1.29, 1.82) is 0 Å². The van der Waals surface area contributed by atoms with Crippen molar-refractivity contribution in [2.24, 2.45) is 5.73 Å². The molecule has 20 heavy (non-hydrogen) atoms. The molecule has 0 bridgehead atoms. The Morgan fingerprint density at radius 3 is 2.95 bits per heavy atom. The Kier molecular flexibility index (Phi) is 4.77. The number of hydrogen-bond acceptors (Lipinski definition) is 4. The fourth-order valence-electron chi connectivity index (χ4n) is 2.03. The van der Waals surface area contributed by atoms with E-state index in [2.05, 4.69) is 17.2 Å². The molecule has 0 spiro atoms. The fourth-order valence-corrected chi connectivity index (χ4v) is 2.91. The zero-order valence-electron chi connectivity index (χ0n) is 11.3. The van der Waals surface area contributed by atoms with Crippen LogP contribution in [0.25, 0.3) is 0 Å². The molecule has 1 aliphatic rings. The molecule has 1 unspecified atom stereocenters. The van der Waals surface area contributed by atoms with Gasteiger partial charge in [0.2, 0.25) is 0 Å². The van der Waals surface area contributed by atoms with E-state index in [-0.39, 0.29) is 18.0 Å². The Morgan fingerprint density at radius 2 is 2.25 bits per heavy atom. The summed E-state index contributed by atoms with van der Waals surface area (Å²) in [5.74, 6) is 5.58. The van der Waals surface area contributed by atoms with Gasteiger partial charge in [0, 0.05) is 4.88 Å². The average molecular weight is 291 g/mol. The molecule has 6 heteroatoms. The topological polar surface area (TPSA) is 75.4 Å². The van der Waals surface area contributed by atoms with Gasteiger partial charge < -0.3 is 11.1 Å². The highest BCUT2D eigenvalue weighted by Gasteiger charge is 2.37. The number of nitrogens with zero attached hydrogens (tertiary/aromatic N) is 1. The SMILES string of the molecule is CCCC1NC(=O)N(Cc2ccc(C#CCN)s2)C1=O. The van der Waals surface area contributed by atoms with Crippen LogP contribution in [0.2, 0.25) is 0 Å². The molecular weight excluding hydrogens is 274 g/mol. The van der Waals surface area contributed by atoms with Crippen LogP contribution in [-0.2, 0) is 11.3 Å². The highest BCUT2D eigenvalue weighted by Crippen LogP contribution is 2.20. The molecule has 1 aliphatic heterocycles. The van der Waals surface area contributed by atoms with E-state index in [0.29, 0.717) is 19.5 Å². The molecule has 0 aromatic carbocycles. The number of urea groups is 1. The van der Waals surface area contributed by atoms with Gasteiger partial charge in [0.25, 0.3) is 5.91 Å². The highest BCUT2D eigenvalue weighted by molar-refractivity contribution is 7.12. The van der Waals surface area contributed by atoms with E-state index < -0.39 is 0 Å². The average Bonchev–Trinajstić information content (AvgIpc) is 2.98. The maximum atomic E-state index is 12.1. The van der Waals surface area contributed by atoms with Crippen molar-refractivity contribution in [3.63, 3.8) is 0 Å². The smallest absolute Gasteiger partial charge is 0.325 e. The van der Waals surface area contributed by atoms with Crippen LogP contribution in [0.4, 0.5) is 4.79 Å². The molecule has 3 N–H and O–H groups in total. The van der Waals surface area contributed by atoms with Gasteiger partial charge in [-0.2, -0.15) is 0 Å². The van der Waals surface area contributed by atoms with E-state index >= 15 is 0 Å². The molecule has 1 atom stereocenters. The fraction of sp³-hybridized carbons (Fsp3) is 0.429. The van der Waals surface area contributed by atoms with Crippen LogP contribution in [0.15, 0.2) is 12.1 Å². The molecule has 1 fully saturated rings. The Morgan fingerprint density at radius 1 is 1.45 bits per heavy atom. The van der Waals surface area contributed by atoms with Gasteiger partial charge in [-0.25, -0.2) is 4.79 Å². The quantitative estimate of drug-likeness (QED) is 0.648. The third-order valence-corrected chi connectivity index (χ3v) is 3.96. The predicted octanol–water partition coefficient (Wildman–Crippen LogP) is 1.28. The summed E-state index contributed by atoms with van der Waals surface area (Å²) in [4.78, 5) is 27.0. The van der Waals surface area contributed by atoms with Gasteiger partial charge in [-0.05, 0) is 18.6 Å². The van der Waals surface area contributed by atoms with Crippen LogP contribution in [0.1, 0.15) is 29.5 Å². The zero-order valence-corrected chi connectivity index (χ0v) is 12.1. The number of nitrogens with two attached hydrogens (primary N) is 1. The summed E-state index contributed by atoms with van der Waals surface area (Å²) in [5.41, 5.74) is 5.32. The number of carbonyl (C=O) groups is 2. The van der Waals surface area contributed by atoms with E-state index in [0.717, 1.165) is 16.2 Å². The molecule has 0 saturated carbocycles. The summed E-state index contributed by atoms with van der Waals surface area (Å²) in [6, 6.07) is 3.09. The molecular formula is C14H17N3O2S. The summed E-state index contributed by atoms with van der Waals surface area (Å²) in [5, 5.41) is 2.71. The second-order valence-corrected chi connectivity index (χ2v) is 5.66. The largest absolute Gasteiger partial charge is 0.326 e. The molecule has 5 nitrogen and oxygen atoms in total. The third-order valence-electron chi connectivity index (χ3n) is 2.97. The van der Waals surface area contributed by atoms with Crippen LogP contribution in [0.3, 0.4) is 0 Å². The van der Waals surface area contributed by atoms with Crippen molar-refractivity contribution in [2.45, 2.75) is 32.4 Å². The van der Waals surface area contributed by atoms with Crippen LogP contribution in [0.5, 0.6) is 0 Å². The number of carbonyl (C=O) groups excluding carboxylic acids is 2. The molecule has 1 aromatic rings. The van der Waals surface area contributed by atoms with Gasteiger partial charge in [-0.15, -0.1) is 11.3 Å². The van der Waals surface area contributed by atoms with Gasteiger partial charge in [-0.3, -0.25) is 9.69 Å². The highest BCUT2D eigenvalue weighted by atomic mass is 32.1. The number of thiophene rings is 1. The summed E-state index contributed by atoms with van der Waals surface area (Å²) in [6.07, 6.45) is 1.54. The van der Waals surface area contributed by atoms with Crippen LogP contribution < -0.4 is 11.1 Å². The Labute approximate surface area is 122 Å². The Bertz CT molecular complexity index is 570. The molecule has 2 heterocycles. The number of hydrogen-bond donors (Lipinski definition) is 2. The van der Waals surface area contributed by atoms with Gasteiger partial charge in [0.05, 0.1) is 18.0 Å². The van der Waals surface area contributed by atoms with Crippen molar-refractivity contribution in [3.8, 4) is 11.8 Å². The normalized spacial score (nSPS) is 17.9. The first-order valence-electron chi connectivity index (χ1n) is 6.55. The third kappa shape index (κ3) is 3.18. The van der Waals surface area contributed by atoms with Gasteiger partial charge in [0.1, 0.15) is 6.04 Å². The van der Waals surface area contributed by atoms with Crippen LogP contribution >= 0.6 is 11.3 Å². The lowest BCUT2D eigenvalue weighted by molar-refractivity contribution is -0.127. The zero-order chi connectivity index (χ0) is 14.5. The van der Waals surface area contributed by atoms with Crippen molar-refractivity contribution in [3.05, 3.63) is 21.9 Å². The van der Waals surface area contributed by atoms with Crippen molar-refractivity contribution in [2.75, 3.05) is 6.54 Å². The minimum atomic E-state index is -0.371. The number of amides is 3. The minimum Gasteiger partial charge on any atom is -0.326 e. The van der Waals surface area contributed by atoms with Gasteiger partial charge in [0.15, 0.2) is 0 Å². The Balaban J connectivity index is 2.04. The summed E-state index contributed by atoms with van der Waals surface area (Å²) in [6.45, 7) is 2.61. The van der Waals surface area contributed by atoms with E-state index in [4.69, 9.17) is 5.73 Å². The lowest BCUT2D eigenvalue weighted by Gasteiger charge is -2.11. The lowest BCUT2D eigenvalue weighted by Crippen LogP contribution is -2.30. The first-order chi connectivity index (χ1) is 9.65. The number of imide groups is 1. The van der Waals surface area contributed by atoms with E-state index in [9.17, 15) is 9.59 Å². The summed E-state index contributed by atoms with van der Waals surface area (Å²) in [7, 11) is 0. The first-order valence-corrected chi connectivity index (χ1v) is 7.37.